The highest BCUT2D eigenvalue weighted by atomic mass is 16.1. The average molecular weight is 314 g/mol. The van der Waals surface area contributed by atoms with E-state index in [1.54, 1.807) is 0 Å². The van der Waals surface area contributed by atoms with Gasteiger partial charge in [-0.1, -0.05) is 58.3 Å². The third-order valence-electron chi connectivity index (χ3n) is 3.92. The monoisotopic (exact) mass is 313 g/mol. The Morgan fingerprint density at radius 3 is 2.00 bits per heavy atom. The largest absolute Gasteiger partial charge is 0.356 e. The van der Waals surface area contributed by atoms with Gasteiger partial charge in [-0.25, -0.2) is 0 Å². The van der Waals surface area contributed by atoms with E-state index in [0.29, 0.717) is 6.42 Å². The van der Waals surface area contributed by atoms with Gasteiger partial charge in [-0.05, 0) is 38.9 Å². The number of rotatable bonds is 17. The first kappa shape index (κ1) is 21.4. The third-order valence-corrected chi connectivity index (χ3v) is 3.92. The summed E-state index contributed by atoms with van der Waals surface area (Å²) in [4.78, 5) is 11.6. The first-order valence-corrected chi connectivity index (χ1v) is 9.48. The predicted octanol–water partition coefficient (Wildman–Crippen LogP) is 3.35. The van der Waals surface area contributed by atoms with E-state index in [1.807, 2.05) is 0 Å². The minimum absolute atomic E-state index is 0.213. The maximum Gasteiger partial charge on any atom is 0.219 e. The maximum absolute atomic E-state index is 11.6. The summed E-state index contributed by atoms with van der Waals surface area (Å²) < 4.78 is 0. The molecule has 0 saturated heterocycles. The van der Waals surface area contributed by atoms with Crippen molar-refractivity contribution < 1.29 is 4.79 Å². The van der Waals surface area contributed by atoms with Gasteiger partial charge in [0.05, 0.1) is 0 Å². The molecule has 4 heteroatoms. The van der Waals surface area contributed by atoms with Crippen molar-refractivity contribution in [3.8, 4) is 0 Å². The second-order valence-electron chi connectivity index (χ2n) is 6.17. The van der Waals surface area contributed by atoms with E-state index in [2.05, 4.69) is 17.6 Å². The van der Waals surface area contributed by atoms with Crippen LogP contribution in [-0.4, -0.2) is 32.1 Å². The van der Waals surface area contributed by atoms with Gasteiger partial charge >= 0.3 is 0 Å². The second-order valence-corrected chi connectivity index (χ2v) is 6.17. The smallest absolute Gasteiger partial charge is 0.219 e. The van der Waals surface area contributed by atoms with Crippen LogP contribution in [0.4, 0.5) is 0 Å². The van der Waals surface area contributed by atoms with E-state index >= 15 is 0 Å². The summed E-state index contributed by atoms with van der Waals surface area (Å²) in [7, 11) is 0. The number of unbranched alkanes of at least 4 members (excludes halogenated alkanes) is 8. The van der Waals surface area contributed by atoms with Crippen molar-refractivity contribution in [1.29, 1.82) is 0 Å². The highest BCUT2D eigenvalue weighted by molar-refractivity contribution is 5.75. The molecule has 0 radical (unpaired) electrons. The van der Waals surface area contributed by atoms with Crippen LogP contribution in [0.3, 0.4) is 0 Å². The standard InChI is InChI=1S/C18H39N3O/c1-2-3-4-5-6-7-8-9-10-13-18(22)21-17-12-16-20-15-11-14-19/h20H,2-17,19H2,1H3,(H,21,22). The molecule has 22 heavy (non-hydrogen) atoms. The normalized spacial score (nSPS) is 10.8. The Bertz CT molecular complexity index is 234. The van der Waals surface area contributed by atoms with Gasteiger partial charge in [0.25, 0.3) is 0 Å². The van der Waals surface area contributed by atoms with E-state index in [-0.39, 0.29) is 5.91 Å². The lowest BCUT2D eigenvalue weighted by molar-refractivity contribution is -0.121. The van der Waals surface area contributed by atoms with E-state index in [0.717, 1.165) is 45.4 Å². The fourth-order valence-electron chi connectivity index (χ4n) is 2.48. The Morgan fingerprint density at radius 1 is 0.773 bits per heavy atom. The van der Waals surface area contributed by atoms with Crippen molar-refractivity contribution in [2.45, 2.75) is 84.0 Å². The molecule has 0 unspecified atom stereocenters. The molecule has 0 fully saturated rings. The molecule has 0 spiro atoms. The van der Waals surface area contributed by atoms with Crippen LogP contribution >= 0.6 is 0 Å². The summed E-state index contributed by atoms with van der Waals surface area (Å²) >= 11 is 0. The van der Waals surface area contributed by atoms with E-state index in [4.69, 9.17) is 5.73 Å². The van der Waals surface area contributed by atoms with Crippen molar-refractivity contribution in [2.24, 2.45) is 5.73 Å². The first-order chi connectivity index (χ1) is 10.8. The SMILES string of the molecule is CCCCCCCCCCCC(=O)NCCCNCCCN. The molecule has 0 aliphatic carbocycles. The molecule has 0 heterocycles. The zero-order chi connectivity index (χ0) is 16.3. The summed E-state index contributed by atoms with van der Waals surface area (Å²) in [5.41, 5.74) is 5.42. The minimum atomic E-state index is 0.213. The number of hydrogen-bond acceptors (Lipinski definition) is 3. The Labute approximate surface area is 138 Å². The van der Waals surface area contributed by atoms with Crippen LogP contribution in [0, 0.1) is 0 Å². The minimum Gasteiger partial charge on any atom is -0.356 e. The lowest BCUT2D eigenvalue weighted by Gasteiger charge is -2.06. The van der Waals surface area contributed by atoms with Crippen molar-refractivity contribution in [2.75, 3.05) is 26.2 Å². The fourth-order valence-corrected chi connectivity index (χ4v) is 2.48. The average Bonchev–Trinajstić information content (AvgIpc) is 2.52. The van der Waals surface area contributed by atoms with E-state index < -0.39 is 0 Å². The van der Waals surface area contributed by atoms with Gasteiger partial charge in [0.1, 0.15) is 0 Å². The summed E-state index contributed by atoms with van der Waals surface area (Å²) in [6.07, 6.45) is 14.4. The molecule has 0 aliphatic heterocycles. The second kappa shape index (κ2) is 18.4. The van der Waals surface area contributed by atoms with Crippen LogP contribution in [0.1, 0.15) is 84.0 Å². The Hall–Kier alpha value is -0.610. The molecule has 4 nitrogen and oxygen atoms in total. The molecule has 0 aromatic rings. The van der Waals surface area contributed by atoms with Crippen LogP contribution in [0.25, 0.3) is 0 Å². The molecule has 0 rings (SSSR count). The van der Waals surface area contributed by atoms with Gasteiger partial charge in [0.2, 0.25) is 5.91 Å². The topological polar surface area (TPSA) is 67.2 Å². The zero-order valence-electron chi connectivity index (χ0n) is 14.8. The number of amides is 1. The van der Waals surface area contributed by atoms with Crippen LogP contribution in [-0.2, 0) is 4.79 Å². The number of nitrogens with two attached hydrogens (primary N) is 1. The van der Waals surface area contributed by atoms with Crippen LogP contribution in [0.15, 0.2) is 0 Å². The van der Waals surface area contributed by atoms with E-state index in [1.165, 1.54) is 51.4 Å². The molecule has 0 bridgehead atoms. The van der Waals surface area contributed by atoms with Gasteiger partial charge in [-0.3, -0.25) is 4.79 Å². The van der Waals surface area contributed by atoms with Gasteiger partial charge in [0.15, 0.2) is 0 Å². The van der Waals surface area contributed by atoms with Gasteiger partial charge in [-0.15, -0.1) is 0 Å². The zero-order valence-corrected chi connectivity index (χ0v) is 14.8. The predicted molar refractivity (Wildman–Crippen MR) is 96.0 cm³/mol. The van der Waals surface area contributed by atoms with Crippen molar-refractivity contribution in [1.82, 2.24) is 10.6 Å². The molecule has 132 valence electrons. The fraction of sp³-hybridized carbons (Fsp3) is 0.944. The summed E-state index contributed by atoms with van der Waals surface area (Å²) in [5.74, 6) is 0.213. The lowest BCUT2D eigenvalue weighted by Crippen LogP contribution is -2.27. The highest BCUT2D eigenvalue weighted by Gasteiger charge is 2.00. The first-order valence-electron chi connectivity index (χ1n) is 9.48. The Balaban J connectivity index is 3.13. The molecule has 0 aromatic carbocycles. The molecule has 1 amide bonds. The Kier molecular flexibility index (Phi) is 17.9. The number of carbonyl (C=O) groups excluding carboxylic acids is 1. The molecule has 0 atom stereocenters. The molecule has 0 aromatic heterocycles. The summed E-state index contributed by atoms with van der Waals surface area (Å²) in [6.45, 7) is 5.71. The van der Waals surface area contributed by atoms with Gasteiger partial charge in [-0.2, -0.15) is 0 Å². The van der Waals surface area contributed by atoms with Gasteiger partial charge in [0, 0.05) is 13.0 Å². The quantitative estimate of drug-likeness (QED) is 0.361. The Morgan fingerprint density at radius 2 is 1.36 bits per heavy atom. The maximum atomic E-state index is 11.6. The highest BCUT2D eigenvalue weighted by Crippen LogP contribution is 2.10. The number of nitrogens with one attached hydrogen (secondary N) is 2. The van der Waals surface area contributed by atoms with Crippen LogP contribution in [0.5, 0.6) is 0 Å². The van der Waals surface area contributed by atoms with Crippen LogP contribution in [0.2, 0.25) is 0 Å². The molecule has 4 N–H and O–H groups in total. The van der Waals surface area contributed by atoms with Crippen LogP contribution < -0.4 is 16.4 Å². The van der Waals surface area contributed by atoms with Crippen molar-refractivity contribution in [3.05, 3.63) is 0 Å². The summed E-state index contributed by atoms with van der Waals surface area (Å²) in [6, 6.07) is 0. The molecule has 0 aliphatic rings. The number of carbonyl (C=O) groups is 1. The van der Waals surface area contributed by atoms with Crippen molar-refractivity contribution >= 4 is 5.91 Å². The lowest BCUT2D eigenvalue weighted by atomic mass is 10.1. The van der Waals surface area contributed by atoms with Crippen molar-refractivity contribution in [3.63, 3.8) is 0 Å². The molecular formula is C18H39N3O. The number of hydrogen-bond donors (Lipinski definition) is 3. The molecular weight excluding hydrogens is 274 g/mol. The molecule has 0 saturated carbocycles. The summed E-state index contributed by atoms with van der Waals surface area (Å²) in [5, 5.41) is 6.31. The van der Waals surface area contributed by atoms with Gasteiger partial charge < -0.3 is 16.4 Å². The third kappa shape index (κ3) is 17.4. The van der Waals surface area contributed by atoms with E-state index in [9.17, 15) is 4.79 Å².